The quantitative estimate of drug-likeness (QED) is 0.923. The van der Waals surface area contributed by atoms with Crippen molar-refractivity contribution < 1.29 is 4.79 Å². The Kier molecular flexibility index (Phi) is 4.09. The van der Waals surface area contributed by atoms with Crippen LogP contribution >= 0.6 is 0 Å². The number of aromatic nitrogens is 3. The van der Waals surface area contributed by atoms with E-state index in [0.717, 1.165) is 31.7 Å². The van der Waals surface area contributed by atoms with Gasteiger partial charge in [0.2, 0.25) is 0 Å². The lowest BCUT2D eigenvalue weighted by Gasteiger charge is -2.20. The molecule has 1 N–H and O–H groups in total. The number of nitrogens with one attached hydrogen (secondary N) is 1. The molecule has 1 saturated heterocycles. The fourth-order valence-electron chi connectivity index (χ4n) is 3.06. The van der Waals surface area contributed by atoms with Crippen molar-refractivity contribution in [1.82, 2.24) is 20.1 Å². The second-order valence-electron chi connectivity index (χ2n) is 5.78. The van der Waals surface area contributed by atoms with Gasteiger partial charge in [-0.15, -0.1) is 0 Å². The molecule has 1 aliphatic heterocycles. The van der Waals surface area contributed by atoms with Crippen LogP contribution in [0.2, 0.25) is 0 Å². The molecule has 6 heteroatoms. The van der Waals surface area contributed by atoms with Gasteiger partial charge in [0, 0.05) is 39.6 Å². The number of aryl methyl sites for hydroxylation is 1. The summed E-state index contributed by atoms with van der Waals surface area (Å²) in [5, 5.41) is 6.90. The molecule has 1 fully saturated rings. The van der Waals surface area contributed by atoms with Crippen LogP contribution in [0.1, 0.15) is 22.3 Å². The minimum atomic E-state index is -0.0844. The lowest BCUT2D eigenvalue weighted by atomic mass is 10.0. The van der Waals surface area contributed by atoms with Crippen LogP contribution in [0.4, 0.5) is 5.82 Å². The maximum absolute atomic E-state index is 12.0. The van der Waals surface area contributed by atoms with E-state index >= 15 is 0 Å². The topological polar surface area (TPSA) is 63.1 Å². The summed E-state index contributed by atoms with van der Waals surface area (Å²) < 4.78 is 1.84. The molecule has 0 aromatic carbocycles. The predicted molar refractivity (Wildman–Crippen MR) is 84.9 cm³/mol. The van der Waals surface area contributed by atoms with Crippen LogP contribution in [0.3, 0.4) is 0 Å². The van der Waals surface area contributed by atoms with Gasteiger partial charge in [-0.1, -0.05) is 0 Å². The van der Waals surface area contributed by atoms with E-state index in [4.69, 9.17) is 0 Å². The van der Waals surface area contributed by atoms with E-state index in [1.807, 2.05) is 24.0 Å². The van der Waals surface area contributed by atoms with Crippen LogP contribution in [-0.4, -0.2) is 40.8 Å². The summed E-state index contributed by atoms with van der Waals surface area (Å²) >= 11 is 0. The molecule has 0 radical (unpaired) electrons. The average Bonchev–Trinajstić information content (AvgIpc) is 3.16. The number of amides is 1. The van der Waals surface area contributed by atoms with E-state index in [2.05, 4.69) is 26.5 Å². The zero-order chi connectivity index (χ0) is 15.5. The van der Waals surface area contributed by atoms with Gasteiger partial charge < -0.3 is 10.2 Å². The van der Waals surface area contributed by atoms with Crippen LogP contribution in [0.15, 0.2) is 30.7 Å². The van der Waals surface area contributed by atoms with Gasteiger partial charge in [-0.25, -0.2) is 4.98 Å². The van der Waals surface area contributed by atoms with E-state index in [1.165, 1.54) is 5.56 Å². The summed E-state index contributed by atoms with van der Waals surface area (Å²) in [4.78, 5) is 18.6. The summed E-state index contributed by atoms with van der Waals surface area (Å²) in [6, 6.07) is 3.63. The minimum absolute atomic E-state index is 0.0844. The number of pyridine rings is 1. The highest BCUT2D eigenvalue weighted by atomic mass is 16.1. The highest BCUT2D eigenvalue weighted by Gasteiger charge is 2.26. The van der Waals surface area contributed by atoms with E-state index in [0.29, 0.717) is 11.5 Å². The van der Waals surface area contributed by atoms with Crippen molar-refractivity contribution >= 4 is 11.7 Å². The second kappa shape index (κ2) is 6.17. The largest absolute Gasteiger partial charge is 0.356 e. The van der Waals surface area contributed by atoms with Crippen molar-refractivity contribution in [3.05, 3.63) is 41.9 Å². The van der Waals surface area contributed by atoms with Crippen molar-refractivity contribution in [2.75, 3.05) is 25.0 Å². The number of hydrogen-bond acceptors (Lipinski definition) is 4. The Hall–Kier alpha value is -2.37. The smallest absolute Gasteiger partial charge is 0.254 e. The van der Waals surface area contributed by atoms with Gasteiger partial charge in [0.15, 0.2) is 0 Å². The summed E-state index contributed by atoms with van der Waals surface area (Å²) in [5.74, 6) is 1.28. The molecule has 2 aromatic rings. The molecule has 0 saturated carbocycles. The monoisotopic (exact) mass is 299 g/mol. The van der Waals surface area contributed by atoms with E-state index in [-0.39, 0.29) is 5.91 Å². The van der Waals surface area contributed by atoms with Gasteiger partial charge in [-0.2, -0.15) is 5.10 Å². The van der Waals surface area contributed by atoms with Crippen molar-refractivity contribution in [2.45, 2.75) is 12.8 Å². The van der Waals surface area contributed by atoms with Gasteiger partial charge in [0.25, 0.3) is 5.91 Å². The van der Waals surface area contributed by atoms with Gasteiger partial charge in [-0.05, 0) is 36.5 Å². The molecule has 0 aliphatic carbocycles. The standard InChI is InChI=1S/C16H21N5O/c1-17-16(22)14-4-3-6-18-15(14)21-7-5-12(11-21)8-13-9-19-20(2)10-13/h3-4,6,9-10,12H,5,7-8,11H2,1-2H3,(H,17,22). The Bertz CT molecular complexity index is 666. The zero-order valence-corrected chi connectivity index (χ0v) is 13.0. The molecule has 1 aliphatic rings. The van der Waals surface area contributed by atoms with Crippen molar-refractivity contribution in [3.8, 4) is 0 Å². The molecule has 2 aromatic heterocycles. The first-order valence-corrected chi connectivity index (χ1v) is 7.57. The first-order chi connectivity index (χ1) is 10.7. The number of hydrogen-bond donors (Lipinski definition) is 1. The zero-order valence-electron chi connectivity index (χ0n) is 13.0. The normalized spacial score (nSPS) is 17.7. The third-order valence-electron chi connectivity index (χ3n) is 4.13. The molecule has 0 spiro atoms. The van der Waals surface area contributed by atoms with E-state index in [1.54, 1.807) is 19.3 Å². The van der Waals surface area contributed by atoms with Crippen molar-refractivity contribution in [1.29, 1.82) is 0 Å². The molecule has 3 rings (SSSR count). The van der Waals surface area contributed by atoms with Gasteiger partial charge >= 0.3 is 0 Å². The number of nitrogens with zero attached hydrogens (tertiary/aromatic N) is 4. The van der Waals surface area contributed by atoms with Gasteiger partial charge in [-0.3, -0.25) is 9.48 Å². The van der Waals surface area contributed by atoms with E-state index < -0.39 is 0 Å². The molecule has 1 atom stereocenters. The predicted octanol–water partition coefficient (Wildman–Crippen LogP) is 1.24. The van der Waals surface area contributed by atoms with Crippen molar-refractivity contribution in [3.63, 3.8) is 0 Å². The van der Waals surface area contributed by atoms with Crippen LogP contribution in [0, 0.1) is 5.92 Å². The Balaban J connectivity index is 1.71. The third kappa shape index (κ3) is 2.95. The first-order valence-electron chi connectivity index (χ1n) is 7.57. The molecular formula is C16H21N5O. The summed E-state index contributed by atoms with van der Waals surface area (Å²) in [6.07, 6.45) is 7.88. The summed E-state index contributed by atoms with van der Waals surface area (Å²) in [6.45, 7) is 1.86. The Morgan fingerprint density at radius 1 is 1.50 bits per heavy atom. The lowest BCUT2D eigenvalue weighted by Crippen LogP contribution is -2.27. The van der Waals surface area contributed by atoms with Gasteiger partial charge in [0.05, 0.1) is 11.8 Å². The van der Waals surface area contributed by atoms with Crippen molar-refractivity contribution in [2.24, 2.45) is 13.0 Å². The molecule has 116 valence electrons. The number of carbonyl (C=O) groups excluding carboxylic acids is 1. The molecule has 6 nitrogen and oxygen atoms in total. The Labute approximate surface area is 130 Å². The molecule has 1 unspecified atom stereocenters. The lowest BCUT2D eigenvalue weighted by molar-refractivity contribution is 0.0963. The number of rotatable bonds is 4. The first kappa shape index (κ1) is 14.6. The van der Waals surface area contributed by atoms with Gasteiger partial charge in [0.1, 0.15) is 5.82 Å². The SMILES string of the molecule is CNC(=O)c1cccnc1N1CCC(Cc2cnn(C)c2)C1. The molecule has 3 heterocycles. The maximum Gasteiger partial charge on any atom is 0.254 e. The van der Waals surface area contributed by atoms with Crippen LogP contribution in [0.5, 0.6) is 0 Å². The minimum Gasteiger partial charge on any atom is -0.356 e. The fraction of sp³-hybridized carbons (Fsp3) is 0.438. The van der Waals surface area contributed by atoms with E-state index in [9.17, 15) is 4.79 Å². The second-order valence-corrected chi connectivity index (χ2v) is 5.78. The molecular weight excluding hydrogens is 278 g/mol. The molecule has 1 amide bonds. The highest BCUT2D eigenvalue weighted by molar-refractivity contribution is 5.98. The summed E-state index contributed by atoms with van der Waals surface area (Å²) in [5.41, 5.74) is 1.91. The van der Waals surface area contributed by atoms with Crippen LogP contribution in [-0.2, 0) is 13.5 Å². The molecule has 22 heavy (non-hydrogen) atoms. The molecule has 0 bridgehead atoms. The summed E-state index contributed by atoms with van der Waals surface area (Å²) in [7, 11) is 3.59. The number of anilines is 1. The average molecular weight is 299 g/mol. The Morgan fingerprint density at radius 2 is 2.36 bits per heavy atom. The third-order valence-corrected chi connectivity index (χ3v) is 4.13. The Morgan fingerprint density at radius 3 is 3.09 bits per heavy atom. The number of carbonyl (C=O) groups is 1. The van der Waals surface area contributed by atoms with Crippen LogP contribution in [0.25, 0.3) is 0 Å². The maximum atomic E-state index is 12.0. The highest BCUT2D eigenvalue weighted by Crippen LogP contribution is 2.27. The fourth-order valence-corrected chi connectivity index (χ4v) is 3.06. The van der Waals surface area contributed by atoms with Crippen LogP contribution < -0.4 is 10.2 Å².